The van der Waals surface area contributed by atoms with E-state index in [1.807, 2.05) is 25.1 Å². The molecule has 22 heavy (non-hydrogen) atoms. The maximum Gasteiger partial charge on any atom is 0.328 e. The van der Waals surface area contributed by atoms with Crippen molar-refractivity contribution in [2.24, 2.45) is 0 Å². The molecule has 1 fully saturated rings. The zero-order valence-electron chi connectivity index (χ0n) is 12.9. The summed E-state index contributed by atoms with van der Waals surface area (Å²) in [5.41, 5.74) is 1.01. The van der Waals surface area contributed by atoms with Gasteiger partial charge in [0.25, 0.3) is 0 Å². The van der Waals surface area contributed by atoms with E-state index in [9.17, 15) is 4.79 Å². The molecule has 5 nitrogen and oxygen atoms in total. The number of esters is 1. The third-order valence-corrected chi connectivity index (χ3v) is 4.05. The molecule has 1 aromatic carbocycles. The molecule has 2 aromatic rings. The van der Waals surface area contributed by atoms with Gasteiger partial charge >= 0.3 is 5.97 Å². The number of aromatic nitrogens is 1. The van der Waals surface area contributed by atoms with E-state index >= 15 is 0 Å². The lowest BCUT2D eigenvalue weighted by Gasteiger charge is -2.25. The minimum absolute atomic E-state index is 0.172. The first-order valence-corrected chi connectivity index (χ1v) is 7.60. The van der Waals surface area contributed by atoms with Crippen molar-refractivity contribution >= 4 is 22.4 Å². The second-order valence-corrected chi connectivity index (χ2v) is 5.33. The normalized spacial score (nSPS) is 17.7. The van der Waals surface area contributed by atoms with Crippen LogP contribution >= 0.6 is 0 Å². The maximum atomic E-state index is 11.9. The van der Waals surface area contributed by atoms with Crippen molar-refractivity contribution < 1.29 is 14.3 Å². The van der Waals surface area contributed by atoms with E-state index in [2.05, 4.69) is 16.0 Å². The van der Waals surface area contributed by atoms with Gasteiger partial charge in [0, 0.05) is 23.8 Å². The maximum absolute atomic E-state index is 11.9. The summed E-state index contributed by atoms with van der Waals surface area (Å²) < 4.78 is 10.5. The molecule has 1 aliphatic heterocycles. The van der Waals surface area contributed by atoms with Crippen molar-refractivity contribution in [2.45, 2.75) is 25.8 Å². The molecule has 1 unspecified atom stereocenters. The molecule has 0 saturated carbocycles. The number of hydrogen-bond acceptors (Lipinski definition) is 5. The molecule has 3 rings (SSSR count). The quantitative estimate of drug-likeness (QED) is 0.813. The SMILES string of the molecule is CCOc1nccc2ccc(N3CCCC3C(=O)OC)cc12. The van der Waals surface area contributed by atoms with E-state index < -0.39 is 0 Å². The van der Waals surface area contributed by atoms with Gasteiger partial charge in [-0.05, 0) is 43.4 Å². The highest BCUT2D eigenvalue weighted by atomic mass is 16.5. The Balaban J connectivity index is 2.00. The summed E-state index contributed by atoms with van der Waals surface area (Å²) in [6.45, 7) is 3.37. The second kappa shape index (κ2) is 6.22. The zero-order chi connectivity index (χ0) is 15.5. The zero-order valence-corrected chi connectivity index (χ0v) is 12.9. The van der Waals surface area contributed by atoms with Crippen LogP contribution in [0.25, 0.3) is 10.8 Å². The van der Waals surface area contributed by atoms with Gasteiger partial charge in [0.1, 0.15) is 6.04 Å². The highest BCUT2D eigenvalue weighted by Gasteiger charge is 2.31. The smallest absolute Gasteiger partial charge is 0.328 e. The van der Waals surface area contributed by atoms with Gasteiger partial charge in [0.05, 0.1) is 13.7 Å². The Kier molecular flexibility index (Phi) is 4.13. The van der Waals surface area contributed by atoms with Crippen molar-refractivity contribution in [3.8, 4) is 5.88 Å². The molecule has 0 radical (unpaired) electrons. The van der Waals surface area contributed by atoms with E-state index in [4.69, 9.17) is 9.47 Å². The number of hydrogen-bond donors (Lipinski definition) is 0. The summed E-state index contributed by atoms with van der Waals surface area (Å²) in [4.78, 5) is 18.3. The predicted octanol–water partition coefficient (Wildman–Crippen LogP) is 2.78. The minimum atomic E-state index is -0.199. The van der Waals surface area contributed by atoms with Crippen LogP contribution in [-0.4, -0.2) is 37.3 Å². The van der Waals surface area contributed by atoms with Gasteiger partial charge in [-0.1, -0.05) is 6.07 Å². The van der Waals surface area contributed by atoms with E-state index in [0.717, 1.165) is 35.8 Å². The molecule has 1 atom stereocenters. The van der Waals surface area contributed by atoms with Crippen molar-refractivity contribution in [1.29, 1.82) is 0 Å². The molecule has 116 valence electrons. The summed E-state index contributed by atoms with van der Waals surface area (Å²) >= 11 is 0. The van der Waals surface area contributed by atoms with Crippen molar-refractivity contribution in [3.05, 3.63) is 30.5 Å². The first-order valence-electron chi connectivity index (χ1n) is 7.60. The molecular formula is C17H20N2O3. The largest absolute Gasteiger partial charge is 0.478 e. The molecular weight excluding hydrogens is 280 g/mol. The molecule has 0 N–H and O–H groups in total. The van der Waals surface area contributed by atoms with Crippen molar-refractivity contribution in [1.82, 2.24) is 4.98 Å². The first-order chi connectivity index (χ1) is 10.7. The van der Waals surface area contributed by atoms with Gasteiger partial charge in [0.2, 0.25) is 5.88 Å². The molecule has 1 aliphatic rings. The van der Waals surface area contributed by atoms with Crippen LogP contribution in [0.15, 0.2) is 30.5 Å². The molecule has 0 bridgehead atoms. The van der Waals surface area contributed by atoms with Crippen LogP contribution < -0.4 is 9.64 Å². The van der Waals surface area contributed by atoms with E-state index in [-0.39, 0.29) is 12.0 Å². The summed E-state index contributed by atoms with van der Waals surface area (Å²) in [6.07, 6.45) is 3.57. The lowest BCUT2D eigenvalue weighted by atomic mass is 10.1. The number of methoxy groups -OCH3 is 1. The van der Waals surface area contributed by atoms with Crippen LogP contribution in [0.3, 0.4) is 0 Å². The Morgan fingerprint density at radius 2 is 2.27 bits per heavy atom. The summed E-state index contributed by atoms with van der Waals surface area (Å²) in [7, 11) is 1.44. The van der Waals surface area contributed by atoms with Crippen LogP contribution in [0.2, 0.25) is 0 Å². The molecule has 0 amide bonds. The monoisotopic (exact) mass is 300 g/mol. The standard InChI is InChI=1S/C17H20N2O3/c1-3-22-16-14-11-13(7-6-12(14)8-9-18-16)19-10-4-5-15(19)17(20)21-2/h6-9,11,15H,3-5,10H2,1-2H3. The van der Waals surface area contributed by atoms with Gasteiger partial charge in [-0.15, -0.1) is 0 Å². The number of carbonyl (C=O) groups is 1. The minimum Gasteiger partial charge on any atom is -0.478 e. The third kappa shape index (κ3) is 2.58. The van der Waals surface area contributed by atoms with Crippen LogP contribution in [0, 0.1) is 0 Å². The molecule has 0 aliphatic carbocycles. The summed E-state index contributed by atoms with van der Waals surface area (Å²) in [5, 5.41) is 2.05. The predicted molar refractivity (Wildman–Crippen MR) is 85.3 cm³/mol. The van der Waals surface area contributed by atoms with Gasteiger partial charge in [-0.25, -0.2) is 9.78 Å². The second-order valence-electron chi connectivity index (χ2n) is 5.33. The highest BCUT2D eigenvalue weighted by Crippen LogP contribution is 2.32. The van der Waals surface area contributed by atoms with E-state index in [1.165, 1.54) is 7.11 Å². The number of rotatable bonds is 4. The molecule has 0 spiro atoms. The number of benzene rings is 1. The summed E-state index contributed by atoms with van der Waals surface area (Å²) in [5.74, 6) is 0.462. The van der Waals surface area contributed by atoms with Crippen LogP contribution in [0.5, 0.6) is 5.88 Å². The van der Waals surface area contributed by atoms with Crippen LogP contribution in [0.4, 0.5) is 5.69 Å². The fourth-order valence-electron chi connectivity index (χ4n) is 3.02. The Morgan fingerprint density at radius 1 is 1.41 bits per heavy atom. The number of carbonyl (C=O) groups excluding carboxylic acids is 1. The van der Waals surface area contributed by atoms with E-state index in [0.29, 0.717) is 12.5 Å². The van der Waals surface area contributed by atoms with Crippen LogP contribution in [0.1, 0.15) is 19.8 Å². The Labute approximate surface area is 129 Å². The Bertz CT molecular complexity index is 687. The topological polar surface area (TPSA) is 51.7 Å². The average molecular weight is 300 g/mol. The Hall–Kier alpha value is -2.30. The van der Waals surface area contributed by atoms with Gasteiger partial charge in [0.15, 0.2) is 0 Å². The fraction of sp³-hybridized carbons (Fsp3) is 0.412. The number of pyridine rings is 1. The van der Waals surface area contributed by atoms with Gasteiger partial charge < -0.3 is 14.4 Å². The lowest BCUT2D eigenvalue weighted by Crippen LogP contribution is -2.36. The molecule has 1 saturated heterocycles. The van der Waals surface area contributed by atoms with E-state index in [1.54, 1.807) is 6.20 Å². The third-order valence-electron chi connectivity index (χ3n) is 4.05. The van der Waals surface area contributed by atoms with Gasteiger partial charge in [-0.2, -0.15) is 0 Å². The van der Waals surface area contributed by atoms with Crippen LogP contribution in [-0.2, 0) is 9.53 Å². The first kappa shape index (κ1) is 14.6. The average Bonchev–Trinajstić information content (AvgIpc) is 3.04. The summed E-state index contributed by atoms with van der Waals surface area (Å²) in [6, 6.07) is 7.90. The van der Waals surface area contributed by atoms with Crippen molar-refractivity contribution in [3.63, 3.8) is 0 Å². The molecule has 5 heteroatoms. The number of nitrogens with zero attached hydrogens (tertiary/aromatic N) is 2. The number of fused-ring (bicyclic) bond motifs is 1. The Morgan fingerprint density at radius 3 is 3.05 bits per heavy atom. The number of ether oxygens (including phenoxy) is 2. The number of anilines is 1. The van der Waals surface area contributed by atoms with Crippen molar-refractivity contribution in [2.75, 3.05) is 25.2 Å². The molecule has 2 heterocycles. The lowest BCUT2D eigenvalue weighted by molar-refractivity contribution is -0.141. The molecule has 1 aromatic heterocycles. The highest BCUT2D eigenvalue weighted by molar-refractivity contribution is 5.91. The fourth-order valence-corrected chi connectivity index (χ4v) is 3.02. The van der Waals surface area contributed by atoms with Gasteiger partial charge in [-0.3, -0.25) is 0 Å².